The number of benzene rings is 1. The molecule has 1 aromatic rings. The minimum atomic E-state index is -0.293. The van der Waals surface area contributed by atoms with Gasteiger partial charge in [0, 0.05) is 18.3 Å². The number of carbonyl (C=O) groups is 1. The van der Waals surface area contributed by atoms with E-state index in [1.807, 2.05) is 24.3 Å². The number of ether oxygens (including phenoxy) is 1. The van der Waals surface area contributed by atoms with E-state index in [2.05, 4.69) is 0 Å². The quantitative estimate of drug-likeness (QED) is 0.684. The van der Waals surface area contributed by atoms with Crippen molar-refractivity contribution in [3.8, 4) is 0 Å². The van der Waals surface area contributed by atoms with Gasteiger partial charge in [0.2, 0.25) is 0 Å². The number of amides is 1. The molecule has 2 rings (SSSR count). The van der Waals surface area contributed by atoms with Gasteiger partial charge in [0.05, 0.1) is 6.54 Å². The highest BCUT2D eigenvalue weighted by Crippen LogP contribution is 2.28. The lowest BCUT2D eigenvalue weighted by Crippen LogP contribution is -2.17. The largest absolute Gasteiger partial charge is 0.439 e. The number of carbonyl (C=O) groups excluding carboxylic acids is 1. The molecule has 0 bridgehead atoms. The van der Waals surface area contributed by atoms with Crippen molar-refractivity contribution in [3.63, 3.8) is 0 Å². The highest BCUT2D eigenvalue weighted by atomic mass is 16.6. The Morgan fingerprint density at radius 3 is 2.79 bits per heavy atom. The molecule has 1 fully saturated rings. The topological polar surface area (TPSA) is 55.6 Å². The Hall–Kier alpha value is -1.71. The molecule has 1 heterocycles. The summed E-state index contributed by atoms with van der Waals surface area (Å²) in [6, 6.07) is 7.44. The number of rotatable bonds is 1. The Labute approximate surface area is 82.3 Å². The lowest BCUT2D eigenvalue weighted by Gasteiger charge is -2.10. The maximum Gasteiger partial charge on any atom is 0.410 e. The summed E-state index contributed by atoms with van der Waals surface area (Å²) >= 11 is 0. The van der Waals surface area contributed by atoms with Crippen molar-refractivity contribution in [2.75, 3.05) is 19.3 Å². The summed E-state index contributed by atoms with van der Waals surface area (Å²) in [4.78, 5) is 12.7. The number of anilines is 1. The smallest absolute Gasteiger partial charge is 0.410 e. The standard InChI is InChI=1S/C10H12N2O2/c1-12-6-9(14-10(12)13)7-4-2-3-5-8(7)11/h2-5,9H,6,11H2,1H3. The minimum absolute atomic E-state index is 0.228. The highest BCUT2D eigenvalue weighted by Gasteiger charge is 2.30. The molecule has 14 heavy (non-hydrogen) atoms. The number of hydrogen-bond donors (Lipinski definition) is 1. The van der Waals surface area contributed by atoms with E-state index in [4.69, 9.17) is 10.5 Å². The van der Waals surface area contributed by atoms with Crippen LogP contribution in [0.5, 0.6) is 0 Å². The van der Waals surface area contributed by atoms with Crippen LogP contribution in [0.4, 0.5) is 10.5 Å². The lowest BCUT2D eigenvalue weighted by atomic mass is 10.1. The van der Waals surface area contributed by atoms with Crippen molar-refractivity contribution in [2.24, 2.45) is 0 Å². The lowest BCUT2D eigenvalue weighted by molar-refractivity contribution is 0.135. The average molecular weight is 192 g/mol. The van der Waals surface area contributed by atoms with E-state index in [1.165, 1.54) is 4.90 Å². The van der Waals surface area contributed by atoms with Crippen LogP contribution in [0.25, 0.3) is 0 Å². The van der Waals surface area contributed by atoms with Crippen LogP contribution in [0.1, 0.15) is 11.7 Å². The second-order valence-corrected chi connectivity index (χ2v) is 3.38. The number of para-hydroxylation sites is 1. The number of nitrogen functional groups attached to an aromatic ring is 1. The van der Waals surface area contributed by atoms with E-state index in [9.17, 15) is 4.79 Å². The van der Waals surface area contributed by atoms with Gasteiger partial charge in [-0.2, -0.15) is 0 Å². The first-order valence-electron chi connectivity index (χ1n) is 4.44. The number of hydrogen-bond acceptors (Lipinski definition) is 3. The van der Waals surface area contributed by atoms with Crippen LogP contribution in [0.15, 0.2) is 24.3 Å². The van der Waals surface area contributed by atoms with Gasteiger partial charge in [0.15, 0.2) is 0 Å². The summed E-state index contributed by atoms with van der Waals surface area (Å²) in [5.41, 5.74) is 7.33. The monoisotopic (exact) mass is 192 g/mol. The third-order valence-electron chi connectivity index (χ3n) is 2.34. The number of likely N-dealkylation sites (N-methyl/N-ethyl adjacent to an activating group) is 1. The van der Waals surface area contributed by atoms with Crippen molar-refractivity contribution in [3.05, 3.63) is 29.8 Å². The van der Waals surface area contributed by atoms with Crippen LogP contribution in [-0.4, -0.2) is 24.6 Å². The summed E-state index contributed by atoms with van der Waals surface area (Å²) in [5, 5.41) is 0. The van der Waals surface area contributed by atoms with Crippen molar-refractivity contribution < 1.29 is 9.53 Å². The second-order valence-electron chi connectivity index (χ2n) is 3.38. The molecular weight excluding hydrogens is 180 g/mol. The van der Waals surface area contributed by atoms with Gasteiger partial charge in [-0.05, 0) is 6.07 Å². The molecule has 0 aromatic heterocycles. The second kappa shape index (κ2) is 3.21. The molecule has 4 nitrogen and oxygen atoms in total. The summed E-state index contributed by atoms with van der Waals surface area (Å²) < 4.78 is 5.15. The van der Waals surface area contributed by atoms with Gasteiger partial charge in [-0.3, -0.25) is 0 Å². The van der Waals surface area contributed by atoms with Crippen molar-refractivity contribution in [1.82, 2.24) is 4.90 Å². The minimum Gasteiger partial charge on any atom is -0.439 e. The zero-order valence-electron chi connectivity index (χ0n) is 7.93. The number of cyclic esters (lactones) is 1. The van der Waals surface area contributed by atoms with Gasteiger partial charge in [-0.1, -0.05) is 18.2 Å². The zero-order chi connectivity index (χ0) is 10.1. The molecule has 1 amide bonds. The van der Waals surface area contributed by atoms with E-state index in [0.717, 1.165) is 5.56 Å². The van der Waals surface area contributed by atoms with E-state index < -0.39 is 0 Å². The molecule has 1 saturated heterocycles. The number of nitrogens with two attached hydrogens (primary N) is 1. The van der Waals surface area contributed by atoms with Gasteiger partial charge in [0.1, 0.15) is 6.10 Å². The molecule has 0 aliphatic carbocycles. The Morgan fingerprint density at radius 1 is 1.50 bits per heavy atom. The van der Waals surface area contributed by atoms with E-state index in [-0.39, 0.29) is 12.2 Å². The first-order valence-corrected chi connectivity index (χ1v) is 4.44. The van der Waals surface area contributed by atoms with Crippen molar-refractivity contribution in [2.45, 2.75) is 6.10 Å². The first-order chi connectivity index (χ1) is 6.68. The van der Waals surface area contributed by atoms with Gasteiger partial charge in [0.25, 0.3) is 0 Å². The SMILES string of the molecule is CN1CC(c2ccccc2N)OC1=O. The third-order valence-corrected chi connectivity index (χ3v) is 2.34. The molecule has 1 unspecified atom stereocenters. The fraction of sp³-hybridized carbons (Fsp3) is 0.300. The van der Waals surface area contributed by atoms with Crippen molar-refractivity contribution in [1.29, 1.82) is 0 Å². The fourth-order valence-electron chi connectivity index (χ4n) is 1.54. The molecule has 74 valence electrons. The Bertz CT molecular complexity index is 365. The summed E-state index contributed by atoms with van der Waals surface area (Å²) in [5.74, 6) is 0. The summed E-state index contributed by atoms with van der Waals surface area (Å²) in [7, 11) is 1.71. The predicted molar refractivity (Wildman–Crippen MR) is 52.7 cm³/mol. The summed E-state index contributed by atoms with van der Waals surface area (Å²) in [6.45, 7) is 0.563. The molecule has 0 saturated carbocycles. The Balaban J connectivity index is 2.25. The molecule has 1 aliphatic heterocycles. The summed E-state index contributed by atoms with van der Waals surface area (Å²) in [6.07, 6.45) is -0.521. The molecule has 2 N–H and O–H groups in total. The van der Waals surface area contributed by atoms with Crippen LogP contribution < -0.4 is 5.73 Å². The van der Waals surface area contributed by atoms with Crippen LogP contribution in [0.2, 0.25) is 0 Å². The Morgan fingerprint density at radius 2 is 2.21 bits per heavy atom. The third kappa shape index (κ3) is 1.39. The Kier molecular flexibility index (Phi) is 2.04. The molecular formula is C10H12N2O2. The maximum absolute atomic E-state index is 11.1. The average Bonchev–Trinajstić information content (AvgIpc) is 2.48. The van der Waals surface area contributed by atoms with Crippen LogP contribution >= 0.6 is 0 Å². The van der Waals surface area contributed by atoms with E-state index >= 15 is 0 Å². The van der Waals surface area contributed by atoms with Gasteiger partial charge < -0.3 is 15.4 Å². The molecule has 0 radical (unpaired) electrons. The van der Waals surface area contributed by atoms with Crippen molar-refractivity contribution >= 4 is 11.8 Å². The molecule has 1 aromatic carbocycles. The maximum atomic E-state index is 11.1. The van der Waals surface area contributed by atoms with Gasteiger partial charge >= 0.3 is 6.09 Å². The van der Waals surface area contributed by atoms with E-state index in [1.54, 1.807) is 7.05 Å². The van der Waals surface area contributed by atoms with Crippen LogP contribution in [0, 0.1) is 0 Å². The zero-order valence-corrected chi connectivity index (χ0v) is 7.93. The molecule has 4 heteroatoms. The van der Waals surface area contributed by atoms with E-state index in [0.29, 0.717) is 12.2 Å². The molecule has 1 atom stereocenters. The number of nitrogens with zero attached hydrogens (tertiary/aromatic N) is 1. The highest BCUT2D eigenvalue weighted by molar-refractivity contribution is 5.70. The van der Waals surface area contributed by atoms with Gasteiger partial charge in [-0.15, -0.1) is 0 Å². The fourth-order valence-corrected chi connectivity index (χ4v) is 1.54. The van der Waals surface area contributed by atoms with Crippen LogP contribution in [-0.2, 0) is 4.74 Å². The van der Waals surface area contributed by atoms with Gasteiger partial charge in [-0.25, -0.2) is 4.79 Å². The normalized spacial score (nSPS) is 21.1. The molecule has 0 spiro atoms. The van der Waals surface area contributed by atoms with Crippen LogP contribution in [0.3, 0.4) is 0 Å². The first kappa shape index (κ1) is 8.87. The molecule has 1 aliphatic rings. The predicted octanol–water partition coefficient (Wildman–Crippen LogP) is 1.39.